The Bertz CT molecular complexity index is 413. The summed E-state index contributed by atoms with van der Waals surface area (Å²) in [7, 11) is 0. The van der Waals surface area contributed by atoms with Crippen molar-refractivity contribution >= 4 is 29.4 Å². The highest BCUT2D eigenvalue weighted by molar-refractivity contribution is 6.30. The summed E-state index contributed by atoms with van der Waals surface area (Å²) in [6.45, 7) is 3.40. The van der Waals surface area contributed by atoms with E-state index in [0.29, 0.717) is 12.8 Å². The first kappa shape index (κ1) is 12.1. The molecule has 1 aliphatic heterocycles. The van der Waals surface area contributed by atoms with Gasteiger partial charge in [-0.15, -0.1) is 0 Å². The van der Waals surface area contributed by atoms with Gasteiger partial charge in [0.05, 0.1) is 6.54 Å². The van der Waals surface area contributed by atoms with Crippen molar-refractivity contribution in [2.45, 2.75) is 25.7 Å². The third-order valence-electron chi connectivity index (χ3n) is 3.34. The summed E-state index contributed by atoms with van der Waals surface area (Å²) in [4.78, 5) is 36.6. The topological polar surface area (TPSA) is 66.5 Å². The number of nitrogens with zero attached hydrogens (tertiary/aromatic N) is 1. The quantitative estimate of drug-likeness (QED) is 0.759. The van der Waals surface area contributed by atoms with E-state index in [1.807, 2.05) is 0 Å². The summed E-state index contributed by atoms with van der Waals surface area (Å²) in [5.74, 6) is -0.910. The molecule has 5 nitrogen and oxygen atoms in total. The monoisotopic (exact) mass is 256 g/mol. The van der Waals surface area contributed by atoms with Gasteiger partial charge in [0.1, 0.15) is 5.41 Å². The van der Waals surface area contributed by atoms with Gasteiger partial charge in [-0.2, -0.15) is 0 Å². The summed E-state index contributed by atoms with van der Waals surface area (Å²) >= 11 is 5.62. The summed E-state index contributed by atoms with van der Waals surface area (Å²) in [5.41, 5.74) is -1.06. The van der Waals surface area contributed by atoms with Crippen molar-refractivity contribution < 1.29 is 14.4 Å². The van der Waals surface area contributed by atoms with Crippen LogP contribution in [0.2, 0.25) is 0 Å². The minimum absolute atomic E-state index is 0.0543. The normalized spacial score (nSPS) is 23.1. The van der Waals surface area contributed by atoms with Gasteiger partial charge < -0.3 is 0 Å². The van der Waals surface area contributed by atoms with Crippen LogP contribution in [-0.2, 0) is 9.59 Å². The lowest BCUT2D eigenvalue weighted by molar-refractivity contribution is -0.150. The van der Waals surface area contributed by atoms with Crippen LogP contribution in [-0.4, -0.2) is 29.3 Å². The molecule has 1 heterocycles. The number of halogens is 1. The van der Waals surface area contributed by atoms with E-state index in [0.717, 1.165) is 17.7 Å². The molecule has 1 N–H and O–H groups in total. The average molecular weight is 257 g/mol. The van der Waals surface area contributed by atoms with Crippen LogP contribution >= 0.6 is 11.6 Å². The van der Waals surface area contributed by atoms with Gasteiger partial charge in [-0.05, 0) is 12.8 Å². The van der Waals surface area contributed by atoms with Gasteiger partial charge in [0, 0.05) is 5.03 Å². The lowest BCUT2D eigenvalue weighted by Gasteiger charge is -2.36. The second-order valence-corrected chi connectivity index (χ2v) is 4.99. The zero-order valence-corrected chi connectivity index (χ0v) is 10.0. The Morgan fingerprint density at radius 2 is 1.94 bits per heavy atom. The van der Waals surface area contributed by atoms with E-state index >= 15 is 0 Å². The highest BCUT2D eigenvalue weighted by Crippen LogP contribution is 2.41. The molecule has 1 saturated heterocycles. The van der Waals surface area contributed by atoms with Gasteiger partial charge in [0.25, 0.3) is 0 Å². The van der Waals surface area contributed by atoms with Gasteiger partial charge >= 0.3 is 6.03 Å². The SMILES string of the molecule is C=C(Cl)CN1C(=O)NC(=O)C2(CCCC2)C1=O. The van der Waals surface area contributed by atoms with Crippen molar-refractivity contribution in [3.05, 3.63) is 11.6 Å². The minimum Gasteiger partial charge on any atom is -0.277 e. The van der Waals surface area contributed by atoms with E-state index < -0.39 is 23.3 Å². The zero-order valence-electron chi connectivity index (χ0n) is 9.29. The Morgan fingerprint density at radius 1 is 1.35 bits per heavy atom. The lowest BCUT2D eigenvalue weighted by Crippen LogP contribution is -2.63. The Kier molecular flexibility index (Phi) is 2.95. The Morgan fingerprint density at radius 3 is 2.47 bits per heavy atom. The predicted molar refractivity (Wildman–Crippen MR) is 61.1 cm³/mol. The molecule has 92 valence electrons. The largest absolute Gasteiger partial charge is 0.331 e. The van der Waals surface area contributed by atoms with E-state index in [1.165, 1.54) is 0 Å². The first-order valence-electron chi connectivity index (χ1n) is 5.48. The van der Waals surface area contributed by atoms with Crippen molar-refractivity contribution in [2.75, 3.05) is 6.54 Å². The van der Waals surface area contributed by atoms with Crippen LogP contribution in [0.3, 0.4) is 0 Å². The molecule has 0 aromatic heterocycles. The van der Waals surface area contributed by atoms with E-state index in [9.17, 15) is 14.4 Å². The molecule has 0 radical (unpaired) electrons. The number of carbonyl (C=O) groups excluding carboxylic acids is 3. The molecule has 17 heavy (non-hydrogen) atoms. The minimum atomic E-state index is -1.06. The fourth-order valence-electron chi connectivity index (χ4n) is 2.47. The van der Waals surface area contributed by atoms with Crippen LogP contribution in [0.15, 0.2) is 11.6 Å². The Hall–Kier alpha value is -1.36. The van der Waals surface area contributed by atoms with Gasteiger partial charge in [-0.1, -0.05) is 31.0 Å². The molecule has 1 spiro atoms. The number of rotatable bonds is 2. The predicted octanol–water partition coefficient (Wildman–Crippen LogP) is 1.38. The molecule has 0 aromatic rings. The highest BCUT2D eigenvalue weighted by Gasteiger charge is 2.54. The van der Waals surface area contributed by atoms with Gasteiger partial charge in [0.15, 0.2) is 0 Å². The Labute approximate surface area is 104 Å². The third kappa shape index (κ3) is 1.84. The summed E-state index contributed by atoms with van der Waals surface area (Å²) < 4.78 is 0. The molecule has 0 aromatic carbocycles. The third-order valence-corrected chi connectivity index (χ3v) is 3.46. The van der Waals surface area contributed by atoms with Crippen molar-refractivity contribution in [3.63, 3.8) is 0 Å². The number of carbonyl (C=O) groups is 3. The standard InChI is InChI=1S/C11H13ClN2O3/c1-7(12)6-14-9(16)11(4-2-3-5-11)8(15)13-10(14)17/h1-6H2,(H,13,15,17). The van der Waals surface area contributed by atoms with Gasteiger partial charge in [-0.3, -0.25) is 19.8 Å². The van der Waals surface area contributed by atoms with E-state index in [-0.39, 0.29) is 11.6 Å². The maximum Gasteiger partial charge on any atom is 0.331 e. The smallest absolute Gasteiger partial charge is 0.277 e. The van der Waals surface area contributed by atoms with Crippen molar-refractivity contribution in [2.24, 2.45) is 5.41 Å². The molecule has 2 fully saturated rings. The van der Waals surface area contributed by atoms with Crippen LogP contribution in [0.4, 0.5) is 4.79 Å². The lowest BCUT2D eigenvalue weighted by atomic mass is 9.82. The maximum absolute atomic E-state index is 12.3. The van der Waals surface area contributed by atoms with Crippen LogP contribution in [0.1, 0.15) is 25.7 Å². The molecule has 2 aliphatic rings. The number of urea groups is 1. The number of amides is 4. The summed E-state index contributed by atoms with van der Waals surface area (Å²) in [6.07, 6.45) is 2.64. The van der Waals surface area contributed by atoms with Crippen LogP contribution in [0.5, 0.6) is 0 Å². The first-order chi connectivity index (χ1) is 7.97. The van der Waals surface area contributed by atoms with Crippen LogP contribution in [0, 0.1) is 5.41 Å². The van der Waals surface area contributed by atoms with Crippen molar-refractivity contribution in [3.8, 4) is 0 Å². The Balaban J connectivity index is 2.30. The molecule has 1 saturated carbocycles. The molecule has 0 atom stereocenters. The van der Waals surface area contributed by atoms with Crippen LogP contribution < -0.4 is 5.32 Å². The van der Waals surface area contributed by atoms with Gasteiger partial charge in [-0.25, -0.2) is 4.79 Å². The second-order valence-electron chi connectivity index (χ2n) is 4.46. The maximum atomic E-state index is 12.3. The molecule has 4 amide bonds. The highest BCUT2D eigenvalue weighted by atomic mass is 35.5. The molecular formula is C11H13ClN2O3. The number of barbiturate groups is 1. The number of nitrogens with one attached hydrogen (secondary N) is 1. The molecule has 0 bridgehead atoms. The second kappa shape index (κ2) is 4.14. The molecular weight excluding hydrogens is 244 g/mol. The van der Waals surface area contributed by atoms with Crippen LogP contribution in [0.25, 0.3) is 0 Å². The first-order valence-corrected chi connectivity index (χ1v) is 5.86. The zero-order chi connectivity index (χ0) is 12.6. The number of hydrogen-bond acceptors (Lipinski definition) is 3. The van der Waals surface area contributed by atoms with Gasteiger partial charge in [0.2, 0.25) is 11.8 Å². The fourth-order valence-corrected chi connectivity index (χ4v) is 2.59. The molecule has 6 heteroatoms. The number of hydrogen-bond donors (Lipinski definition) is 1. The van der Waals surface area contributed by atoms with E-state index in [4.69, 9.17) is 11.6 Å². The fraction of sp³-hybridized carbons (Fsp3) is 0.545. The molecule has 1 aliphatic carbocycles. The summed E-state index contributed by atoms with van der Waals surface area (Å²) in [5, 5.41) is 2.42. The van der Waals surface area contributed by atoms with Crippen molar-refractivity contribution in [1.82, 2.24) is 10.2 Å². The van der Waals surface area contributed by atoms with E-state index in [1.54, 1.807) is 0 Å². The van der Waals surface area contributed by atoms with Crippen molar-refractivity contribution in [1.29, 1.82) is 0 Å². The number of imide groups is 2. The molecule has 0 unspecified atom stereocenters. The average Bonchev–Trinajstić information content (AvgIpc) is 2.72. The van der Waals surface area contributed by atoms with E-state index in [2.05, 4.69) is 11.9 Å². The summed E-state index contributed by atoms with van der Waals surface area (Å²) in [6, 6.07) is -0.709. The molecule has 2 rings (SSSR count).